The maximum atomic E-state index is 12.1. The number of rotatable bonds is 6. The Kier molecular flexibility index (Phi) is 7.18. The first-order valence-electron chi connectivity index (χ1n) is 8.93. The summed E-state index contributed by atoms with van der Waals surface area (Å²) in [4.78, 5) is 35.6. The molecule has 1 heterocycles. The highest BCUT2D eigenvalue weighted by atomic mass is 16.6. The topological polar surface area (TPSA) is 106 Å². The van der Waals surface area contributed by atoms with Crippen molar-refractivity contribution in [2.45, 2.75) is 51.5 Å². The van der Waals surface area contributed by atoms with Gasteiger partial charge in [0.15, 0.2) is 0 Å². The van der Waals surface area contributed by atoms with Crippen LogP contribution in [0.3, 0.4) is 0 Å². The smallest absolute Gasteiger partial charge is 0.408 e. The van der Waals surface area contributed by atoms with E-state index in [4.69, 9.17) is 9.47 Å². The SMILES string of the molecule is CC(C)(C)OC(=O)NCC(=O)NC1CNC(C(=O)OCc2ccccc2)C1. The molecule has 27 heavy (non-hydrogen) atoms. The van der Waals surface area contributed by atoms with Gasteiger partial charge in [-0.25, -0.2) is 4.79 Å². The van der Waals surface area contributed by atoms with E-state index in [1.165, 1.54) is 0 Å². The minimum atomic E-state index is -0.649. The van der Waals surface area contributed by atoms with Crippen molar-refractivity contribution in [3.8, 4) is 0 Å². The first-order chi connectivity index (χ1) is 12.7. The molecule has 1 aromatic carbocycles. The summed E-state index contributed by atoms with van der Waals surface area (Å²) in [6, 6.07) is 8.77. The number of alkyl carbamates (subject to hydrolysis) is 1. The van der Waals surface area contributed by atoms with Gasteiger partial charge >= 0.3 is 12.1 Å². The molecule has 1 aliphatic heterocycles. The molecule has 0 radical (unpaired) electrons. The second kappa shape index (κ2) is 9.36. The molecule has 148 valence electrons. The molecule has 3 N–H and O–H groups in total. The van der Waals surface area contributed by atoms with Gasteiger partial charge in [0.1, 0.15) is 24.8 Å². The first kappa shape index (κ1) is 20.7. The molecule has 2 atom stereocenters. The van der Waals surface area contributed by atoms with Crippen LogP contribution in [-0.2, 0) is 25.7 Å². The summed E-state index contributed by atoms with van der Waals surface area (Å²) in [6.07, 6.45) is -0.212. The summed E-state index contributed by atoms with van der Waals surface area (Å²) in [5.74, 6) is -0.687. The van der Waals surface area contributed by atoms with Crippen molar-refractivity contribution >= 4 is 18.0 Å². The summed E-state index contributed by atoms with van der Waals surface area (Å²) in [6.45, 7) is 5.72. The van der Waals surface area contributed by atoms with Gasteiger partial charge in [-0.1, -0.05) is 30.3 Å². The van der Waals surface area contributed by atoms with E-state index in [9.17, 15) is 14.4 Å². The van der Waals surface area contributed by atoms with Crippen LogP contribution in [0.25, 0.3) is 0 Å². The highest BCUT2D eigenvalue weighted by Gasteiger charge is 2.31. The molecule has 1 fully saturated rings. The third-order valence-electron chi connectivity index (χ3n) is 3.80. The molecular weight excluding hydrogens is 350 g/mol. The van der Waals surface area contributed by atoms with E-state index < -0.39 is 17.7 Å². The number of hydrogen-bond donors (Lipinski definition) is 3. The van der Waals surface area contributed by atoms with Gasteiger partial charge in [-0.05, 0) is 32.8 Å². The van der Waals surface area contributed by atoms with Crippen LogP contribution in [-0.4, -0.2) is 48.7 Å². The number of hydrogen-bond acceptors (Lipinski definition) is 6. The molecule has 1 saturated heterocycles. The molecule has 0 spiro atoms. The monoisotopic (exact) mass is 377 g/mol. The van der Waals surface area contributed by atoms with Crippen LogP contribution < -0.4 is 16.0 Å². The first-order valence-corrected chi connectivity index (χ1v) is 8.93. The fourth-order valence-corrected chi connectivity index (χ4v) is 2.60. The van der Waals surface area contributed by atoms with Crippen molar-refractivity contribution in [2.24, 2.45) is 0 Å². The van der Waals surface area contributed by atoms with E-state index in [2.05, 4.69) is 16.0 Å². The third kappa shape index (κ3) is 7.65. The van der Waals surface area contributed by atoms with Crippen LogP contribution >= 0.6 is 0 Å². The van der Waals surface area contributed by atoms with E-state index in [1.54, 1.807) is 20.8 Å². The maximum absolute atomic E-state index is 12.1. The number of nitrogens with one attached hydrogen (secondary N) is 3. The molecule has 0 aromatic heterocycles. The zero-order valence-electron chi connectivity index (χ0n) is 15.9. The summed E-state index contributed by atoms with van der Waals surface area (Å²) >= 11 is 0. The van der Waals surface area contributed by atoms with Crippen LogP contribution in [0.1, 0.15) is 32.8 Å². The number of carbonyl (C=O) groups is 3. The Hall–Kier alpha value is -2.61. The van der Waals surface area contributed by atoms with Gasteiger partial charge in [-0.3, -0.25) is 9.59 Å². The normalized spacial score (nSPS) is 19.2. The lowest BCUT2D eigenvalue weighted by atomic mass is 10.1. The van der Waals surface area contributed by atoms with Gasteiger partial charge in [0.25, 0.3) is 0 Å². The minimum Gasteiger partial charge on any atom is -0.460 e. The van der Waals surface area contributed by atoms with Crippen LogP contribution in [0.5, 0.6) is 0 Å². The van der Waals surface area contributed by atoms with Gasteiger partial charge in [0.2, 0.25) is 5.91 Å². The fourth-order valence-electron chi connectivity index (χ4n) is 2.60. The number of esters is 1. The average Bonchev–Trinajstić information content (AvgIpc) is 3.06. The molecule has 8 heteroatoms. The highest BCUT2D eigenvalue weighted by Crippen LogP contribution is 2.10. The predicted molar refractivity (Wildman–Crippen MR) is 98.8 cm³/mol. The summed E-state index contributed by atoms with van der Waals surface area (Å²) in [7, 11) is 0. The molecule has 0 bridgehead atoms. The number of benzene rings is 1. The Morgan fingerprint density at radius 1 is 1.19 bits per heavy atom. The maximum Gasteiger partial charge on any atom is 0.408 e. The van der Waals surface area contributed by atoms with Gasteiger partial charge < -0.3 is 25.4 Å². The van der Waals surface area contributed by atoms with E-state index in [1.807, 2.05) is 30.3 Å². The molecule has 2 unspecified atom stereocenters. The van der Waals surface area contributed by atoms with Crippen molar-refractivity contribution < 1.29 is 23.9 Å². The van der Waals surface area contributed by atoms with Gasteiger partial charge in [0.05, 0.1) is 0 Å². The van der Waals surface area contributed by atoms with Gasteiger partial charge in [0, 0.05) is 12.6 Å². The number of carbonyl (C=O) groups excluding carboxylic acids is 3. The summed E-state index contributed by atoms with van der Waals surface area (Å²) in [5, 5.41) is 8.22. The Morgan fingerprint density at radius 2 is 1.89 bits per heavy atom. The van der Waals surface area contributed by atoms with Crippen molar-refractivity contribution in [3.05, 3.63) is 35.9 Å². The van der Waals surface area contributed by atoms with Crippen molar-refractivity contribution in [2.75, 3.05) is 13.1 Å². The zero-order valence-corrected chi connectivity index (χ0v) is 15.9. The highest BCUT2D eigenvalue weighted by molar-refractivity contribution is 5.83. The van der Waals surface area contributed by atoms with Crippen LogP contribution in [0.4, 0.5) is 4.79 Å². The minimum absolute atomic E-state index is 0.186. The Morgan fingerprint density at radius 3 is 2.56 bits per heavy atom. The van der Waals surface area contributed by atoms with Crippen LogP contribution in [0, 0.1) is 0 Å². The fraction of sp³-hybridized carbons (Fsp3) is 0.526. The molecule has 2 amide bonds. The molecule has 8 nitrogen and oxygen atoms in total. The van der Waals surface area contributed by atoms with E-state index >= 15 is 0 Å². The molecule has 2 rings (SSSR count). The lowest BCUT2D eigenvalue weighted by Crippen LogP contribution is -2.43. The number of ether oxygens (including phenoxy) is 2. The molecule has 1 aliphatic rings. The standard InChI is InChI=1S/C19H27N3O5/c1-19(2,3)27-18(25)21-11-16(23)22-14-9-15(20-10-14)17(24)26-12-13-7-5-4-6-8-13/h4-8,14-15,20H,9-12H2,1-3H3,(H,21,25)(H,22,23). The lowest BCUT2D eigenvalue weighted by molar-refractivity contribution is -0.147. The van der Waals surface area contributed by atoms with E-state index in [-0.39, 0.29) is 31.1 Å². The largest absolute Gasteiger partial charge is 0.460 e. The lowest BCUT2D eigenvalue weighted by Gasteiger charge is -2.19. The van der Waals surface area contributed by atoms with Gasteiger partial charge in [-0.2, -0.15) is 0 Å². The second-order valence-corrected chi connectivity index (χ2v) is 7.41. The van der Waals surface area contributed by atoms with Crippen molar-refractivity contribution in [1.29, 1.82) is 0 Å². The van der Waals surface area contributed by atoms with Crippen molar-refractivity contribution in [1.82, 2.24) is 16.0 Å². The quantitative estimate of drug-likeness (QED) is 0.641. The Bertz CT molecular complexity index is 657. The molecule has 1 aromatic rings. The summed E-state index contributed by atoms with van der Waals surface area (Å²) < 4.78 is 10.4. The zero-order chi connectivity index (χ0) is 19.9. The van der Waals surface area contributed by atoms with Crippen LogP contribution in [0.15, 0.2) is 30.3 Å². The molecule has 0 aliphatic carbocycles. The second-order valence-electron chi connectivity index (χ2n) is 7.41. The third-order valence-corrected chi connectivity index (χ3v) is 3.80. The summed E-state index contributed by atoms with van der Waals surface area (Å²) in [5.41, 5.74) is 0.297. The predicted octanol–water partition coefficient (Wildman–Crippen LogP) is 1.10. The van der Waals surface area contributed by atoms with Crippen molar-refractivity contribution in [3.63, 3.8) is 0 Å². The Balaban J connectivity index is 1.67. The van der Waals surface area contributed by atoms with Gasteiger partial charge in [-0.15, -0.1) is 0 Å². The van der Waals surface area contributed by atoms with E-state index in [0.717, 1.165) is 5.56 Å². The van der Waals surface area contributed by atoms with Crippen LogP contribution in [0.2, 0.25) is 0 Å². The molecule has 0 saturated carbocycles. The average molecular weight is 377 g/mol. The Labute approximate surface area is 159 Å². The molecular formula is C19H27N3O5. The number of amides is 2. The van der Waals surface area contributed by atoms with E-state index in [0.29, 0.717) is 13.0 Å².